The van der Waals surface area contributed by atoms with Crippen molar-refractivity contribution in [2.45, 2.75) is 32.9 Å². The first kappa shape index (κ1) is 13.1. The van der Waals surface area contributed by atoms with Crippen LogP contribution in [0.15, 0.2) is 22.7 Å². The van der Waals surface area contributed by atoms with Gasteiger partial charge >= 0.3 is 0 Å². The van der Waals surface area contributed by atoms with Crippen LogP contribution in [-0.2, 0) is 11.3 Å². The molecule has 3 heteroatoms. The summed E-state index contributed by atoms with van der Waals surface area (Å²) in [7, 11) is 0. The molecule has 1 saturated heterocycles. The molecule has 1 aromatic carbocycles. The van der Waals surface area contributed by atoms with Gasteiger partial charge in [0.15, 0.2) is 0 Å². The second-order valence-corrected chi connectivity index (χ2v) is 6.20. The standard InChI is InChI=1S/C14H20BrNO/c1-11-12(5-4-6-13(11)15)9-16-7-8-17-14(2,3)10-16/h4-6H,7-10H2,1-3H3. The largest absolute Gasteiger partial charge is 0.373 e. The minimum atomic E-state index is -0.0157. The predicted molar refractivity (Wildman–Crippen MR) is 74.2 cm³/mol. The van der Waals surface area contributed by atoms with E-state index in [1.54, 1.807) is 0 Å². The maximum Gasteiger partial charge on any atom is 0.0753 e. The number of hydrogen-bond acceptors (Lipinski definition) is 2. The minimum absolute atomic E-state index is 0.0157. The van der Waals surface area contributed by atoms with Crippen molar-refractivity contribution in [2.75, 3.05) is 19.7 Å². The Bertz CT molecular complexity index is 403. The molecule has 0 unspecified atom stereocenters. The molecular formula is C14H20BrNO. The Kier molecular flexibility index (Phi) is 3.91. The van der Waals surface area contributed by atoms with Crippen LogP contribution in [0.2, 0.25) is 0 Å². The lowest BCUT2D eigenvalue weighted by Gasteiger charge is -2.38. The van der Waals surface area contributed by atoms with Crippen LogP contribution in [0.1, 0.15) is 25.0 Å². The molecule has 17 heavy (non-hydrogen) atoms. The van der Waals surface area contributed by atoms with E-state index in [9.17, 15) is 0 Å². The summed E-state index contributed by atoms with van der Waals surface area (Å²) in [5.74, 6) is 0. The lowest BCUT2D eigenvalue weighted by Crippen LogP contribution is -2.47. The molecule has 2 rings (SSSR count). The van der Waals surface area contributed by atoms with Gasteiger partial charge in [-0.2, -0.15) is 0 Å². The van der Waals surface area contributed by atoms with Crippen LogP contribution < -0.4 is 0 Å². The molecule has 1 aliphatic rings. The van der Waals surface area contributed by atoms with E-state index < -0.39 is 0 Å². The van der Waals surface area contributed by atoms with Crippen molar-refractivity contribution < 1.29 is 4.74 Å². The number of morpholine rings is 1. The zero-order chi connectivity index (χ0) is 12.5. The van der Waals surface area contributed by atoms with Crippen molar-refractivity contribution in [1.82, 2.24) is 4.90 Å². The first-order valence-corrected chi connectivity index (χ1v) is 6.87. The van der Waals surface area contributed by atoms with Gasteiger partial charge in [-0.1, -0.05) is 28.1 Å². The molecule has 1 aliphatic heterocycles. The molecule has 0 radical (unpaired) electrons. The number of benzene rings is 1. The fourth-order valence-electron chi connectivity index (χ4n) is 2.31. The summed E-state index contributed by atoms with van der Waals surface area (Å²) in [6.45, 7) is 10.4. The maximum absolute atomic E-state index is 5.74. The second kappa shape index (κ2) is 5.09. The Labute approximate surface area is 112 Å². The highest BCUT2D eigenvalue weighted by atomic mass is 79.9. The highest BCUT2D eigenvalue weighted by Gasteiger charge is 2.27. The van der Waals surface area contributed by atoms with Gasteiger partial charge in [0.05, 0.1) is 12.2 Å². The second-order valence-electron chi connectivity index (χ2n) is 5.34. The Morgan fingerprint density at radius 2 is 2.18 bits per heavy atom. The molecule has 0 saturated carbocycles. The van der Waals surface area contributed by atoms with Crippen molar-refractivity contribution in [3.8, 4) is 0 Å². The fourth-order valence-corrected chi connectivity index (χ4v) is 2.72. The summed E-state index contributed by atoms with van der Waals surface area (Å²) in [6.07, 6.45) is 0. The molecule has 0 bridgehead atoms. The third-order valence-corrected chi connectivity index (χ3v) is 4.14. The topological polar surface area (TPSA) is 12.5 Å². The molecule has 0 spiro atoms. The van der Waals surface area contributed by atoms with Crippen LogP contribution in [0.4, 0.5) is 0 Å². The van der Waals surface area contributed by atoms with E-state index in [0.29, 0.717) is 0 Å². The SMILES string of the molecule is Cc1c(Br)cccc1CN1CCOC(C)(C)C1. The molecule has 1 fully saturated rings. The number of ether oxygens (including phenoxy) is 1. The molecule has 1 heterocycles. The van der Waals surface area contributed by atoms with Gasteiger partial charge in [-0.05, 0) is 38.0 Å². The van der Waals surface area contributed by atoms with Crippen molar-refractivity contribution in [2.24, 2.45) is 0 Å². The first-order chi connectivity index (χ1) is 7.98. The fraction of sp³-hybridized carbons (Fsp3) is 0.571. The van der Waals surface area contributed by atoms with Gasteiger partial charge in [-0.3, -0.25) is 4.90 Å². The molecule has 2 nitrogen and oxygen atoms in total. The normalized spacial score (nSPS) is 20.5. The van der Waals surface area contributed by atoms with Crippen LogP contribution in [0, 0.1) is 6.92 Å². The lowest BCUT2D eigenvalue weighted by atomic mass is 10.0. The Morgan fingerprint density at radius 1 is 1.41 bits per heavy atom. The molecule has 1 aromatic rings. The molecular weight excluding hydrogens is 278 g/mol. The molecule has 0 aromatic heterocycles. The van der Waals surface area contributed by atoms with Gasteiger partial charge in [-0.15, -0.1) is 0 Å². The lowest BCUT2D eigenvalue weighted by molar-refractivity contribution is -0.0883. The van der Waals surface area contributed by atoms with Gasteiger partial charge in [0.25, 0.3) is 0 Å². The third kappa shape index (κ3) is 3.30. The summed E-state index contributed by atoms with van der Waals surface area (Å²) < 4.78 is 6.93. The zero-order valence-corrected chi connectivity index (χ0v) is 12.4. The molecule has 0 N–H and O–H groups in total. The quantitative estimate of drug-likeness (QED) is 0.830. The van der Waals surface area contributed by atoms with Crippen LogP contribution in [-0.4, -0.2) is 30.2 Å². The van der Waals surface area contributed by atoms with Gasteiger partial charge in [0.1, 0.15) is 0 Å². The van der Waals surface area contributed by atoms with Gasteiger partial charge in [0.2, 0.25) is 0 Å². The average Bonchev–Trinajstić information content (AvgIpc) is 2.23. The summed E-state index contributed by atoms with van der Waals surface area (Å²) in [5.41, 5.74) is 2.73. The summed E-state index contributed by atoms with van der Waals surface area (Å²) >= 11 is 3.59. The maximum atomic E-state index is 5.74. The van der Waals surface area contributed by atoms with Crippen LogP contribution in [0.3, 0.4) is 0 Å². The van der Waals surface area contributed by atoms with E-state index in [1.807, 2.05) is 0 Å². The van der Waals surface area contributed by atoms with Gasteiger partial charge in [-0.25, -0.2) is 0 Å². The first-order valence-electron chi connectivity index (χ1n) is 6.08. The van der Waals surface area contributed by atoms with Gasteiger partial charge < -0.3 is 4.74 Å². The van der Waals surface area contributed by atoms with Crippen LogP contribution >= 0.6 is 15.9 Å². The average molecular weight is 298 g/mol. The van der Waals surface area contributed by atoms with E-state index in [1.165, 1.54) is 15.6 Å². The van der Waals surface area contributed by atoms with Crippen LogP contribution in [0.25, 0.3) is 0 Å². The minimum Gasteiger partial charge on any atom is -0.373 e. The molecule has 0 amide bonds. The predicted octanol–water partition coefficient (Wildman–Crippen LogP) is 3.37. The van der Waals surface area contributed by atoms with Crippen molar-refractivity contribution in [3.63, 3.8) is 0 Å². The van der Waals surface area contributed by atoms with E-state index in [4.69, 9.17) is 4.74 Å². The number of halogens is 1. The highest BCUT2D eigenvalue weighted by molar-refractivity contribution is 9.10. The molecule has 94 valence electrons. The molecule has 0 aliphatic carbocycles. The summed E-state index contributed by atoms with van der Waals surface area (Å²) in [4.78, 5) is 2.47. The van der Waals surface area contributed by atoms with Crippen LogP contribution in [0.5, 0.6) is 0 Å². The molecule has 0 atom stereocenters. The summed E-state index contributed by atoms with van der Waals surface area (Å²) in [6, 6.07) is 6.42. The van der Waals surface area contributed by atoms with E-state index in [-0.39, 0.29) is 5.60 Å². The third-order valence-electron chi connectivity index (χ3n) is 3.28. The highest BCUT2D eigenvalue weighted by Crippen LogP contribution is 2.23. The Morgan fingerprint density at radius 3 is 2.88 bits per heavy atom. The smallest absolute Gasteiger partial charge is 0.0753 e. The van der Waals surface area contributed by atoms with Crippen molar-refractivity contribution >= 4 is 15.9 Å². The number of nitrogens with zero attached hydrogens (tertiary/aromatic N) is 1. The van der Waals surface area contributed by atoms with Crippen molar-refractivity contribution in [3.05, 3.63) is 33.8 Å². The Balaban J connectivity index is 2.08. The monoisotopic (exact) mass is 297 g/mol. The summed E-state index contributed by atoms with van der Waals surface area (Å²) in [5, 5.41) is 0. The Hall–Kier alpha value is -0.380. The van der Waals surface area contributed by atoms with E-state index in [0.717, 1.165) is 26.2 Å². The van der Waals surface area contributed by atoms with E-state index in [2.05, 4.69) is 59.8 Å². The van der Waals surface area contributed by atoms with Gasteiger partial charge in [0, 0.05) is 24.1 Å². The zero-order valence-electron chi connectivity index (χ0n) is 10.8. The number of hydrogen-bond donors (Lipinski definition) is 0. The van der Waals surface area contributed by atoms with E-state index >= 15 is 0 Å². The van der Waals surface area contributed by atoms with Crippen molar-refractivity contribution in [1.29, 1.82) is 0 Å². The number of rotatable bonds is 2.